The highest BCUT2D eigenvalue weighted by Gasteiger charge is 2.25. The summed E-state index contributed by atoms with van der Waals surface area (Å²) in [5, 5.41) is 0. The first-order valence-corrected chi connectivity index (χ1v) is 34.7. The highest BCUT2D eigenvalue weighted by atomic mass is 14.3. The summed E-state index contributed by atoms with van der Waals surface area (Å²) in [6.07, 6.45) is 6.78. The maximum Gasteiger partial charge on any atom is -0.0129 e. The van der Waals surface area contributed by atoms with Crippen molar-refractivity contribution in [2.75, 3.05) is 0 Å². The Labute approximate surface area is 549 Å². The molecule has 0 aromatic heterocycles. The predicted molar refractivity (Wildman–Crippen MR) is 402 cm³/mol. The summed E-state index contributed by atoms with van der Waals surface area (Å²) in [7, 11) is 0. The van der Waals surface area contributed by atoms with Gasteiger partial charge in [0.2, 0.25) is 0 Å². The van der Waals surface area contributed by atoms with Gasteiger partial charge >= 0.3 is 0 Å². The van der Waals surface area contributed by atoms with Crippen molar-refractivity contribution in [2.24, 2.45) is 0 Å². The lowest BCUT2D eigenvalue weighted by atomic mass is 9.78. The average molecular weight is 1200 g/mol. The van der Waals surface area contributed by atoms with E-state index in [1.807, 2.05) is 0 Å². The van der Waals surface area contributed by atoms with E-state index in [4.69, 9.17) is 0 Å². The van der Waals surface area contributed by atoms with Gasteiger partial charge < -0.3 is 0 Å². The molecule has 0 saturated carbocycles. The molecule has 0 heteroatoms. The van der Waals surface area contributed by atoms with Crippen LogP contribution < -0.4 is 0 Å². The van der Waals surface area contributed by atoms with Crippen molar-refractivity contribution in [3.8, 4) is 0 Å². The van der Waals surface area contributed by atoms with Crippen LogP contribution in [0.25, 0.3) is 0 Å². The molecule has 0 saturated heterocycles. The van der Waals surface area contributed by atoms with Crippen LogP contribution in [0.1, 0.15) is 347 Å². The fourth-order valence-corrected chi connectivity index (χ4v) is 11.8. The van der Waals surface area contributed by atoms with E-state index in [0.717, 1.165) is 38.5 Å². The second kappa shape index (κ2) is 33.6. The highest BCUT2D eigenvalue weighted by molar-refractivity contribution is 5.43. The smallest absolute Gasteiger partial charge is 0.0129 e. The zero-order chi connectivity index (χ0) is 68.5. The molecule has 0 fully saturated rings. The first-order chi connectivity index (χ1) is 40.0. The monoisotopic (exact) mass is 1200 g/mol. The second-order valence-corrected chi connectivity index (χ2v) is 34.2. The minimum Gasteiger partial charge on any atom is -0.0617 e. The van der Waals surface area contributed by atoms with E-state index in [9.17, 15) is 0 Å². The van der Waals surface area contributed by atoms with E-state index in [-0.39, 0.29) is 43.3 Å². The largest absolute Gasteiger partial charge is 0.0617 e. The normalized spacial score (nSPS) is 12.3. The molecule has 6 aromatic rings. The summed E-state index contributed by atoms with van der Waals surface area (Å²) in [6, 6.07) is 41.2. The quantitative estimate of drug-likeness (QED) is 0.142. The number of rotatable bonds is 8. The third kappa shape index (κ3) is 25.5. The van der Waals surface area contributed by atoms with Crippen molar-refractivity contribution < 1.29 is 0 Å². The van der Waals surface area contributed by atoms with Gasteiger partial charge in [0, 0.05) is 0 Å². The molecule has 0 aliphatic heterocycles. The molecule has 0 aliphatic carbocycles. The number of benzene rings is 6. The Morgan fingerprint density at radius 1 is 0.250 bits per heavy atom. The molecule has 492 valence electrons. The van der Waals surface area contributed by atoms with Crippen LogP contribution >= 0.6 is 0 Å². The Morgan fingerprint density at radius 3 is 0.659 bits per heavy atom. The van der Waals surface area contributed by atoms with E-state index >= 15 is 0 Å². The minimum absolute atomic E-state index is 0.242. The molecular formula is C88H140. The van der Waals surface area contributed by atoms with Crippen LogP contribution in [-0.4, -0.2) is 0 Å². The van der Waals surface area contributed by atoms with Crippen LogP contribution in [0.15, 0.2) is 109 Å². The van der Waals surface area contributed by atoms with Gasteiger partial charge in [0.15, 0.2) is 0 Å². The van der Waals surface area contributed by atoms with E-state index in [0.29, 0.717) is 11.8 Å². The molecule has 88 heavy (non-hydrogen) atoms. The van der Waals surface area contributed by atoms with E-state index < -0.39 is 0 Å². The molecule has 6 aromatic carbocycles. The molecule has 0 unspecified atom stereocenters. The third-order valence-corrected chi connectivity index (χ3v) is 17.5. The molecule has 0 heterocycles. The molecule has 0 aliphatic rings. The molecule has 6 rings (SSSR count). The molecule has 0 nitrogen and oxygen atoms in total. The first kappa shape index (κ1) is 81.3. The standard InChI is InChI=1S/2C16H26.2C15H24.2C13H20/c2*1-8-12-9-10-13(15(2,3)4)11-14(12)16(5,6)7;2*1-7-12-8-9-13(11(2)3)10-14(12)15(4,5)6;2*1-6-11-10(2)8-7-9-12(11)13(3,4)5/h2*9-11H,8H2,1-7H3;2*8-11H,7H2,1-6H3;2*7-9H,6H2,1-5H3. The van der Waals surface area contributed by atoms with E-state index in [1.54, 1.807) is 0 Å². The van der Waals surface area contributed by atoms with Crippen LogP contribution in [-0.2, 0) is 81.8 Å². The lowest BCUT2D eigenvalue weighted by Crippen LogP contribution is -2.18. The number of hydrogen-bond acceptors (Lipinski definition) is 0. The molecule has 0 atom stereocenters. The van der Waals surface area contributed by atoms with Gasteiger partial charge in [-0.3, -0.25) is 0 Å². The molecule has 0 radical (unpaired) electrons. The van der Waals surface area contributed by atoms with Crippen molar-refractivity contribution in [1.82, 2.24) is 0 Å². The fraction of sp³-hybridized carbons (Fsp3) is 0.591. The van der Waals surface area contributed by atoms with Gasteiger partial charge in [-0.1, -0.05) is 345 Å². The van der Waals surface area contributed by atoms with Crippen LogP contribution in [0.5, 0.6) is 0 Å². The van der Waals surface area contributed by atoms with Crippen molar-refractivity contribution in [1.29, 1.82) is 0 Å². The Bertz CT molecular complexity index is 2820. The van der Waals surface area contributed by atoms with E-state index in [1.165, 1.54) is 100 Å². The summed E-state index contributed by atoms with van der Waals surface area (Å²) in [5.41, 5.74) is 28.7. The zero-order valence-corrected chi connectivity index (χ0v) is 64.8. The van der Waals surface area contributed by atoms with Crippen molar-refractivity contribution in [2.45, 2.75) is 343 Å². The minimum atomic E-state index is 0.242. The molecule has 0 spiro atoms. The first-order valence-electron chi connectivity index (χ1n) is 34.7. The molecular weight excluding hydrogens is 1060 g/mol. The van der Waals surface area contributed by atoms with Crippen LogP contribution in [0.4, 0.5) is 0 Å². The topological polar surface area (TPSA) is 0 Å². The maximum absolute atomic E-state index is 2.40. The summed E-state index contributed by atoms with van der Waals surface area (Å²) in [5.74, 6) is 1.24. The lowest BCUT2D eigenvalue weighted by molar-refractivity contribution is 0.563. The Hall–Kier alpha value is -4.68. The Morgan fingerprint density at radius 2 is 0.477 bits per heavy atom. The van der Waals surface area contributed by atoms with Crippen LogP contribution in [0.2, 0.25) is 0 Å². The third-order valence-electron chi connectivity index (χ3n) is 17.5. The van der Waals surface area contributed by atoms with Gasteiger partial charge in [0.25, 0.3) is 0 Å². The van der Waals surface area contributed by atoms with Crippen molar-refractivity contribution >= 4 is 0 Å². The maximum atomic E-state index is 2.40. The van der Waals surface area contributed by atoms with Crippen LogP contribution in [0, 0.1) is 13.8 Å². The zero-order valence-electron chi connectivity index (χ0n) is 64.8. The second-order valence-electron chi connectivity index (χ2n) is 34.2. The van der Waals surface area contributed by atoms with Gasteiger partial charge in [-0.15, -0.1) is 0 Å². The van der Waals surface area contributed by atoms with Crippen molar-refractivity contribution in [3.63, 3.8) is 0 Å². The summed E-state index contributed by atoms with van der Waals surface area (Å²) in [4.78, 5) is 0. The number of aryl methyl sites for hydroxylation is 6. The predicted octanol–water partition coefficient (Wildman–Crippen LogP) is 26.7. The molecule has 0 amide bonds. The van der Waals surface area contributed by atoms with Crippen LogP contribution in [0.3, 0.4) is 0 Å². The fourth-order valence-electron chi connectivity index (χ4n) is 11.8. The summed E-state index contributed by atoms with van der Waals surface area (Å²) in [6.45, 7) is 81.8. The average Bonchev–Trinajstić information content (AvgIpc) is 2.50. The van der Waals surface area contributed by atoms with Gasteiger partial charge in [0.1, 0.15) is 0 Å². The summed E-state index contributed by atoms with van der Waals surface area (Å²) < 4.78 is 0. The summed E-state index contributed by atoms with van der Waals surface area (Å²) >= 11 is 0. The SMILES string of the molecule is CCc1c(C)cccc1C(C)(C)C.CCc1c(C)cccc1C(C)(C)C.CCc1ccc(C(C)(C)C)cc1C(C)(C)C.CCc1ccc(C(C)(C)C)cc1C(C)(C)C.CCc1ccc(C(C)C)cc1C(C)(C)C.CCc1ccc(C(C)C)cc1C(C)(C)C. The highest BCUT2D eigenvalue weighted by Crippen LogP contribution is 2.36. The van der Waals surface area contributed by atoms with E-state index in [2.05, 4.69) is 358 Å². The molecule has 0 N–H and O–H groups in total. The molecule has 0 bridgehead atoms. The Kier molecular flexibility index (Phi) is 31.0. The number of hydrogen-bond donors (Lipinski definition) is 0. The van der Waals surface area contributed by atoms with Gasteiger partial charge in [0.05, 0.1) is 0 Å². The van der Waals surface area contributed by atoms with Gasteiger partial charge in [-0.25, -0.2) is 0 Å². The lowest BCUT2D eigenvalue weighted by Gasteiger charge is -2.27. The Balaban J connectivity index is 0.000000529. The van der Waals surface area contributed by atoms with Gasteiger partial charge in [-0.05, 0) is 208 Å². The van der Waals surface area contributed by atoms with Gasteiger partial charge in [-0.2, -0.15) is 0 Å². The van der Waals surface area contributed by atoms with Crippen molar-refractivity contribution in [3.05, 3.63) is 209 Å².